The van der Waals surface area contributed by atoms with Crippen LogP contribution < -0.4 is 10.2 Å². The number of rotatable bonds is 4. The van der Waals surface area contributed by atoms with Gasteiger partial charge in [-0.15, -0.1) is 0 Å². The van der Waals surface area contributed by atoms with E-state index >= 15 is 0 Å². The van der Waals surface area contributed by atoms with Crippen molar-refractivity contribution >= 4 is 11.6 Å². The summed E-state index contributed by atoms with van der Waals surface area (Å²) >= 11 is 0. The van der Waals surface area contributed by atoms with E-state index in [-0.39, 0.29) is 5.82 Å². The van der Waals surface area contributed by atoms with Crippen LogP contribution in [0.1, 0.15) is 6.92 Å². The predicted molar refractivity (Wildman–Crippen MR) is 78.7 cm³/mol. The fourth-order valence-corrected chi connectivity index (χ4v) is 2.52. The summed E-state index contributed by atoms with van der Waals surface area (Å²) in [7, 11) is 0. The summed E-state index contributed by atoms with van der Waals surface area (Å²) in [5, 5.41) is 1.91. The van der Waals surface area contributed by atoms with Crippen LogP contribution in [-0.2, 0) is 4.79 Å². The highest BCUT2D eigenvalue weighted by Gasteiger charge is 2.31. The maximum absolute atomic E-state index is 12.9. The topological polar surface area (TPSA) is 35.6 Å². The third-order valence-corrected chi connectivity index (χ3v) is 3.90. The molecular formula is C15H19F4N3O. The molecule has 0 saturated carbocycles. The van der Waals surface area contributed by atoms with Gasteiger partial charge in [-0.3, -0.25) is 9.69 Å². The summed E-state index contributed by atoms with van der Waals surface area (Å²) in [5.74, 6) is -0.931. The van der Waals surface area contributed by atoms with Crippen molar-refractivity contribution < 1.29 is 22.4 Å². The molecule has 1 aliphatic rings. The average Bonchev–Trinajstić information content (AvgIpc) is 2.52. The van der Waals surface area contributed by atoms with E-state index in [0.717, 1.165) is 5.69 Å². The van der Waals surface area contributed by atoms with Gasteiger partial charge in [-0.05, 0) is 31.2 Å². The molecule has 8 heteroatoms. The third-order valence-electron chi connectivity index (χ3n) is 3.90. The molecule has 1 N–H and O–H groups in total. The van der Waals surface area contributed by atoms with Crippen LogP contribution in [0.25, 0.3) is 0 Å². The Kier molecular flexibility index (Phi) is 5.46. The first-order valence-electron chi connectivity index (χ1n) is 7.35. The summed E-state index contributed by atoms with van der Waals surface area (Å²) in [5.41, 5.74) is 0.889. The maximum Gasteiger partial charge on any atom is 0.405 e. The van der Waals surface area contributed by atoms with Crippen LogP contribution >= 0.6 is 0 Å². The molecule has 0 aromatic heterocycles. The first kappa shape index (κ1) is 17.5. The summed E-state index contributed by atoms with van der Waals surface area (Å²) < 4.78 is 49.3. The Hall–Kier alpha value is -1.83. The summed E-state index contributed by atoms with van der Waals surface area (Å²) in [4.78, 5) is 15.7. The zero-order valence-corrected chi connectivity index (χ0v) is 12.7. The molecule has 1 aliphatic heterocycles. The van der Waals surface area contributed by atoms with Gasteiger partial charge in [0.05, 0.1) is 6.04 Å². The smallest absolute Gasteiger partial charge is 0.369 e. The van der Waals surface area contributed by atoms with Crippen LogP contribution in [0.15, 0.2) is 24.3 Å². The van der Waals surface area contributed by atoms with Crippen molar-refractivity contribution in [1.82, 2.24) is 10.2 Å². The van der Waals surface area contributed by atoms with Gasteiger partial charge in [0.25, 0.3) is 0 Å². The number of amides is 1. The molecule has 1 heterocycles. The van der Waals surface area contributed by atoms with E-state index in [0.29, 0.717) is 26.2 Å². The molecule has 1 unspecified atom stereocenters. The minimum atomic E-state index is -4.41. The molecule has 0 spiro atoms. The van der Waals surface area contributed by atoms with E-state index in [4.69, 9.17) is 0 Å². The largest absolute Gasteiger partial charge is 0.405 e. The normalized spacial score (nSPS) is 17.9. The SMILES string of the molecule is CC(C(=O)NCC(F)(F)F)N1CCN(c2ccc(F)cc2)CC1. The zero-order valence-electron chi connectivity index (χ0n) is 12.7. The highest BCUT2D eigenvalue weighted by Crippen LogP contribution is 2.18. The van der Waals surface area contributed by atoms with Crippen molar-refractivity contribution in [2.75, 3.05) is 37.6 Å². The van der Waals surface area contributed by atoms with Crippen LogP contribution in [0.3, 0.4) is 0 Å². The van der Waals surface area contributed by atoms with Gasteiger partial charge in [-0.2, -0.15) is 13.2 Å². The molecule has 128 valence electrons. The second-order valence-electron chi connectivity index (χ2n) is 5.51. The molecule has 1 fully saturated rings. The van der Waals surface area contributed by atoms with Crippen LogP contribution in [0.4, 0.5) is 23.2 Å². The lowest BCUT2D eigenvalue weighted by atomic mass is 10.2. The fourth-order valence-electron chi connectivity index (χ4n) is 2.52. The van der Waals surface area contributed by atoms with Crippen molar-refractivity contribution in [3.8, 4) is 0 Å². The van der Waals surface area contributed by atoms with E-state index in [1.54, 1.807) is 19.1 Å². The van der Waals surface area contributed by atoms with Gasteiger partial charge < -0.3 is 10.2 Å². The van der Waals surface area contributed by atoms with E-state index in [1.165, 1.54) is 12.1 Å². The van der Waals surface area contributed by atoms with Crippen molar-refractivity contribution in [2.45, 2.75) is 19.1 Å². The van der Waals surface area contributed by atoms with Gasteiger partial charge in [0.15, 0.2) is 0 Å². The number of piperazine rings is 1. The summed E-state index contributed by atoms with van der Waals surface area (Å²) in [6.45, 7) is 2.64. The first-order valence-corrected chi connectivity index (χ1v) is 7.35. The lowest BCUT2D eigenvalue weighted by Crippen LogP contribution is -2.54. The number of hydrogen-bond donors (Lipinski definition) is 1. The molecule has 0 radical (unpaired) electrons. The molecule has 1 aromatic rings. The van der Waals surface area contributed by atoms with Crippen molar-refractivity contribution in [1.29, 1.82) is 0 Å². The molecule has 2 rings (SSSR count). The number of halogens is 4. The average molecular weight is 333 g/mol. The molecular weight excluding hydrogens is 314 g/mol. The molecule has 23 heavy (non-hydrogen) atoms. The van der Waals surface area contributed by atoms with Crippen molar-refractivity contribution in [3.05, 3.63) is 30.1 Å². The lowest BCUT2D eigenvalue weighted by Gasteiger charge is -2.38. The molecule has 1 aromatic carbocycles. The Morgan fingerprint density at radius 1 is 1.17 bits per heavy atom. The number of benzene rings is 1. The number of nitrogens with zero attached hydrogens (tertiary/aromatic N) is 2. The number of hydrogen-bond acceptors (Lipinski definition) is 3. The second-order valence-corrected chi connectivity index (χ2v) is 5.51. The van der Waals surface area contributed by atoms with Crippen LogP contribution in [-0.4, -0.2) is 55.7 Å². The summed E-state index contributed by atoms with van der Waals surface area (Å²) in [6, 6.07) is 5.52. The van der Waals surface area contributed by atoms with Crippen molar-refractivity contribution in [3.63, 3.8) is 0 Å². The molecule has 0 bridgehead atoms. The Morgan fingerprint density at radius 2 is 1.74 bits per heavy atom. The Morgan fingerprint density at radius 3 is 2.26 bits per heavy atom. The van der Waals surface area contributed by atoms with Gasteiger partial charge in [-0.1, -0.05) is 0 Å². The van der Waals surface area contributed by atoms with Gasteiger partial charge in [0.2, 0.25) is 5.91 Å². The molecule has 1 atom stereocenters. The number of carbonyl (C=O) groups excluding carboxylic acids is 1. The number of anilines is 1. The standard InChI is InChI=1S/C15H19F4N3O/c1-11(14(23)20-10-15(17,18)19)21-6-8-22(9-7-21)13-4-2-12(16)3-5-13/h2-5,11H,6-10H2,1H3,(H,20,23). The van der Waals surface area contributed by atoms with Crippen LogP contribution in [0, 0.1) is 5.82 Å². The van der Waals surface area contributed by atoms with E-state index in [9.17, 15) is 22.4 Å². The van der Waals surface area contributed by atoms with Gasteiger partial charge in [0, 0.05) is 31.9 Å². The Balaban J connectivity index is 1.83. The van der Waals surface area contributed by atoms with E-state index in [1.807, 2.05) is 10.2 Å². The third kappa shape index (κ3) is 5.09. The predicted octanol–water partition coefficient (Wildman–Crippen LogP) is 2.01. The quantitative estimate of drug-likeness (QED) is 0.857. The first-order chi connectivity index (χ1) is 10.8. The fraction of sp³-hybridized carbons (Fsp3) is 0.533. The summed E-state index contributed by atoms with van der Waals surface area (Å²) in [6.07, 6.45) is -4.41. The van der Waals surface area contributed by atoms with Gasteiger partial charge >= 0.3 is 6.18 Å². The van der Waals surface area contributed by atoms with E-state index < -0.39 is 24.7 Å². The highest BCUT2D eigenvalue weighted by atomic mass is 19.4. The monoisotopic (exact) mass is 333 g/mol. The number of alkyl halides is 3. The van der Waals surface area contributed by atoms with Crippen LogP contribution in [0.5, 0.6) is 0 Å². The molecule has 4 nitrogen and oxygen atoms in total. The second kappa shape index (κ2) is 7.16. The molecule has 0 aliphatic carbocycles. The molecule has 1 saturated heterocycles. The zero-order chi connectivity index (χ0) is 17.0. The van der Waals surface area contributed by atoms with Crippen molar-refractivity contribution in [2.24, 2.45) is 0 Å². The maximum atomic E-state index is 12.9. The minimum absolute atomic E-state index is 0.303. The Labute approximate surface area is 132 Å². The number of nitrogens with one attached hydrogen (secondary N) is 1. The van der Waals surface area contributed by atoms with E-state index in [2.05, 4.69) is 4.90 Å². The Bertz CT molecular complexity index is 525. The minimum Gasteiger partial charge on any atom is -0.369 e. The van der Waals surface area contributed by atoms with Crippen LogP contribution in [0.2, 0.25) is 0 Å². The lowest BCUT2D eigenvalue weighted by molar-refractivity contribution is -0.141. The van der Waals surface area contributed by atoms with Gasteiger partial charge in [0.1, 0.15) is 12.4 Å². The van der Waals surface area contributed by atoms with Gasteiger partial charge in [-0.25, -0.2) is 4.39 Å². The number of carbonyl (C=O) groups is 1. The highest BCUT2D eigenvalue weighted by molar-refractivity contribution is 5.81. The molecule has 1 amide bonds.